The van der Waals surface area contributed by atoms with E-state index in [9.17, 15) is 4.79 Å². The molecule has 4 rings (SSSR count). The van der Waals surface area contributed by atoms with Crippen molar-refractivity contribution in [1.29, 1.82) is 0 Å². The van der Waals surface area contributed by atoms with E-state index in [-0.39, 0.29) is 0 Å². The summed E-state index contributed by atoms with van der Waals surface area (Å²) in [7, 11) is 0. The van der Waals surface area contributed by atoms with Gasteiger partial charge in [-0.05, 0) is 31.7 Å². The molecule has 2 fully saturated rings. The summed E-state index contributed by atoms with van der Waals surface area (Å²) in [6, 6.07) is 6.53. The van der Waals surface area contributed by atoms with Crippen molar-refractivity contribution in [3.8, 4) is 11.5 Å². The van der Waals surface area contributed by atoms with Crippen molar-refractivity contribution in [3.05, 3.63) is 23.8 Å². The van der Waals surface area contributed by atoms with Crippen LogP contribution in [0.2, 0.25) is 0 Å². The van der Waals surface area contributed by atoms with Crippen LogP contribution in [-0.2, 0) is 11.3 Å². The Bertz CT molecular complexity index is 578. The van der Waals surface area contributed by atoms with E-state index in [1.807, 2.05) is 12.1 Å². The molecule has 2 aliphatic heterocycles. The maximum Gasteiger partial charge on any atom is 0.225 e. The van der Waals surface area contributed by atoms with Gasteiger partial charge >= 0.3 is 0 Å². The van der Waals surface area contributed by atoms with Crippen LogP contribution >= 0.6 is 0 Å². The van der Waals surface area contributed by atoms with Gasteiger partial charge in [0, 0.05) is 37.2 Å². The molecular weight excluding hydrogens is 292 g/mol. The molecule has 0 bridgehead atoms. The quantitative estimate of drug-likeness (QED) is 0.922. The van der Waals surface area contributed by atoms with Gasteiger partial charge in [0.2, 0.25) is 5.91 Å². The first kappa shape index (κ1) is 14.8. The van der Waals surface area contributed by atoms with E-state index in [4.69, 9.17) is 9.47 Å². The van der Waals surface area contributed by atoms with E-state index >= 15 is 0 Å². The molecular formula is C18H24N2O3. The summed E-state index contributed by atoms with van der Waals surface area (Å²) in [5.41, 5.74) is 1.15. The fourth-order valence-electron chi connectivity index (χ4n) is 3.42. The van der Waals surface area contributed by atoms with Crippen molar-refractivity contribution in [1.82, 2.24) is 10.2 Å². The average Bonchev–Trinajstić information content (AvgIpc) is 3.45. The van der Waals surface area contributed by atoms with Gasteiger partial charge in [0.25, 0.3) is 0 Å². The normalized spacial score (nSPS) is 21.3. The minimum Gasteiger partial charge on any atom is -0.486 e. The van der Waals surface area contributed by atoms with E-state index < -0.39 is 0 Å². The lowest BCUT2D eigenvalue weighted by Gasteiger charge is -2.33. The fourth-order valence-corrected chi connectivity index (χ4v) is 3.42. The van der Waals surface area contributed by atoms with Crippen LogP contribution in [0.5, 0.6) is 11.5 Å². The second-order valence-electron chi connectivity index (χ2n) is 6.70. The lowest BCUT2D eigenvalue weighted by molar-refractivity contribution is -0.133. The van der Waals surface area contributed by atoms with E-state index in [0.29, 0.717) is 31.1 Å². The van der Waals surface area contributed by atoms with Crippen LogP contribution in [0.1, 0.15) is 31.2 Å². The number of nitrogens with one attached hydrogen (secondary N) is 1. The summed E-state index contributed by atoms with van der Waals surface area (Å²) in [6.07, 6.45) is 4.26. The number of ether oxygens (including phenoxy) is 2. The Labute approximate surface area is 136 Å². The molecule has 0 radical (unpaired) electrons. The van der Waals surface area contributed by atoms with E-state index in [0.717, 1.165) is 62.4 Å². The number of amides is 1. The number of rotatable bonds is 4. The third kappa shape index (κ3) is 3.29. The highest BCUT2D eigenvalue weighted by Crippen LogP contribution is 2.34. The molecule has 1 saturated carbocycles. The summed E-state index contributed by atoms with van der Waals surface area (Å²) in [4.78, 5) is 14.1. The highest BCUT2D eigenvalue weighted by molar-refractivity contribution is 5.81. The molecule has 0 spiro atoms. The van der Waals surface area contributed by atoms with Crippen LogP contribution in [0.4, 0.5) is 0 Å². The van der Waals surface area contributed by atoms with Gasteiger partial charge in [-0.1, -0.05) is 12.1 Å². The average molecular weight is 316 g/mol. The van der Waals surface area contributed by atoms with Crippen molar-refractivity contribution in [2.75, 3.05) is 26.3 Å². The molecule has 1 amide bonds. The monoisotopic (exact) mass is 316 g/mol. The molecule has 2 heterocycles. The smallest absolute Gasteiger partial charge is 0.225 e. The number of likely N-dealkylation sites (tertiary alicyclic amines) is 1. The van der Waals surface area contributed by atoms with Gasteiger partial charge < -0.3 is 19.7 Å². The lowest BCUT2D eigenvalue weighted by Crippen LogP contribution is -2.45. The van der Waals surface area contributed by atoms with Crippen LogP contribution in [-0.4, -0.2) is 43.2 Å². The molecule has 0 unspecified atom stereocenters. The summed E-state index contributed by atoms with van der Waals surface area (Å²) in [6.45, 7) is 3.80. The Balaban J connectivity index is 1.30. The Morgan fingerprint density at radius 1 is 1.13 bits per heavy atom. The number of nitrogens with zero attached hydrogens (tertiary/aromatic N) is 1. The molecule has 1 saturated heterocycles. The van der Waals surface area contributed by atoms with E-state index in [1.54, 1.807) is 0 Å². The molecule has 1 N–H and O–H groups in total. The Hall–Kier alpha value is -1.75. The number of hydrogen-bond donors (Lipinski definition) is 1. The zero-order valence-electron chi connectivity index (χ0n) is 13.4. The maximum absolute atomic E-state index is 12.1. The Kier molecular flexibility index (Phi) is 4.12. The summed E-state index contributed by atoms with van der Waals surface area (Å²) < 4.78 is 11.4. The zero-order valence-corrected chi connectivity index (χ0v) is 13.4. The Morgan fingerprint density at radius 3 is 2.70 bits per heavy atom. The number of hydrogen-bond acceptors (Lipinski definition) is 4. The SMILES string of the molecule is O=C(C1CC1)N1CCC(NCc2cccc3c2OCCO3)CC1. The molecule has 124 valence electrons. The number of carbonyl (C=O) groups excluding carboxylic acids is 1. The van der Waals surface area contributed by atoms with Gasteiger partial charge in [-0.2, -0.15) is 0 Å². The molecule has 5 nitrogen and oxygen atoms in total. The van der Waals surface area contributed by atoms with Crippen LogP contribution in [0.15, 0.2) is 18.2 Å². The standard InChI is InChI=1S/C18H24N2O3/c21-18(13-4-5-13)20-8-6-15(7-9-20)19-12-14-2-1-3-16-17(14)23-11-10-22-16/h1-3,13,15,19H,4-12H2. The second-order valence-corrected chi connectivity index (χ2v) is 6.70. The van der Waals surface area contributed by atoms with Crippen molar-refractivity contribution >= 4 is 5.91 Å². The van der Waals surface area contributed by atoms with Gasteiger partial charge in [0.15, 0.2) is 11.5 Å². The lowest BCUT2D eigenvalue weighted by atomic mass is 10.0. The minimum atomic E-state index is 0.340. The van der Waals surface area contributed by atoms with Gasteiger partial charge in [-0.15, -0.1) is 0 Å². The number of carbonyl (C=O) groups is 1. The predicted octanol–water partition coefficient (Wildman–Crippen LogP) is 1.95. The first-order valence-corrected chi connectivity index (χ1v) is 8.71. The zero-order chi connectivity index (χ0) is 15.6. The molecule has 23 heavy (non-hydrogen) atoms. The van der Waals surface area contributed by atoms with E-state index in [1.165, 1.54) is 0 Å². The maximum atomic E-state index is 12.1. The van der Waals surface area contributed by atoms with Crippen molar-refractivity contribution in [2.24, 2.45) is 5.92 Å². The predicted molar refractivity (Wildman–Crippen MR) is 86.6 cm³/mol. The van der Waals surface area contributed by atoms with E-state index in [2.05, 4.69) is 16.3 Å². The summed E-state index contributed by atoms with van der Waals surface area (Å²) >= 11 is 0. The largest absolute Gasteiger partial charge is 0.486 e. The van der Waals surface area contributed by atoms with Crippen LogP contribution < -0.4 is 14.8 Å². The highest BCUT2D eigenvalue weighted by atomic mass is 16.6. The molecule has 1 aromatic carbocycles. The van der Waals surface area contributed by atoms with Gasteiger partial charge in [0.1, 0.15) is 13.2 Å². The Morgan fingerprint density at radius 2 is 1.91 bits per heavy atom. The fraction of sp³-hybridized carbons (Fsp3) is 0.611. The third-order valence-corrected chi connectivity index (χ3v) is 4.96. The highest BCUT2D eigenvalue weighted by Gasteiger charge is 2.34. The van der Waals surface area contributed by atoms with Crippen molar-refractivity contribution in [2.45, 2.75) is 38.3 Å². The third-order valence-electron chi connectivity index (χ3n) is 4.96. The first-order chi connectivity index (χ1) is 11.3. The molecule has 1 aromatic rings. The molecule has 5 heteroatoms. The van der Waals surface area contributed by atoms with Gasteiger partial charge in [-0.25, -0.2) is 0 Å². The van der Waals surface area contributed by atoms with Gasteiger partial charge in [-0.3, -0.25) is 4.79 Å². The van der Waals surface area contributed by atoms with Crippen LogP contribution in [0, 0.1) is 5.92 Å². The first-order valence-electron chi connectivity index (χ1n) is 8.71. The summed E-state index contributed by atoms with van der Waals surface area (Å²) in [5, 5.41) is 3.62. The van der Waals surface area contributed by atoms with Crippen molar-refractivity contribution < 1.29 is 14.3 Å². The second kappa shape index (κ2) is 6.40. The topological polar surface area (TPSA) is 50.8 Å². The molecule has 0 atom stereocenters. The number of fused-ring (bicyclic) bond motifs is 1. The number of piperidine rings is 1. The molecule has 0 aromatic heterocycles. The van der Waals surface area contributed by atoms with Crippen molar-refractivity contribution in [3.63, 3.8) is 0 Å². The van der Waals surface area contributed by atoms with Crippen LogP contribution in [0.3, 0.4) is 0 Å². The molecule has 1 aliphatic carbocycles. The number of benzene rings is 1. The van der Waals surface area contributed by atoms with Gasteiger partial charge in [0.05, 0.1) is 0 Å². The van der Waals surface area contributed by atoms with Crippen LogP contribution in [0.25, 0.3) is 0 Å². The summed E-state index contributed by atoms with van der Waals surface area (Å²) in [5.74, 6) is 2.45. The molecule has 3 aliphatic rings. The minimum absolute atomic E-state index is 0.340. The number of para-hydroxylation sites is 1.